The van der Waals surface area contributed by atoms with Crippen molar-refractivity contribution < 1.29 is 0 Å². The van der Waals surface area contributed by atoms with Crippen LogP contribution in [0.5, 0.6) is 0 Å². The van der Waals surface area contributed by atoms with Gasteiger partial charge in [-0.05, 0) is 24.6 Å². The van der Waals surface area contributed by atoms with E-state index in [2.05, 4.69) is 17.2 Å². The molecule has 0 bridgehead atoms. The minimum Gasteiger partial charge on any atom is -0.313 e. The molecule has 2 aromatic rings. The van der Waals surface area contributed by atoms with Gasteiger partial charge < -0.3 is 5.32 Å². The van der Waals surface area contributed by atoms with Crippen LogP contribution in [-0.2, 0) is 20.1 Å². The van der Waals surface area contributed by atoms with E-state index in [9.17, 15) is 9.59 Å². The summed E-state index contributed by atoms with van der Waals surface area (Å²) < 4.78 is 2.76. The van der Waals surface area contributed by atoms with Gasteiger partial charge in [-0.3, -0.25) is 13.9 Å². The Morgan fingerprint density at radius 3 is 2.71 bits per heavy atom. The quantitative estimate of drug-likeness (QED) is 0.862. The summed E-state index contributed by atoms with van der Waals surface area (Å²) in [4.78, 5) is 28.9. The molecular formula is C15H22N4O2. The van der Waals surface area contributed by atoms with E-state index < -0.39 is 0 Å². The largest absolute Gasteiger partial charge is 0.332 e. The lowest BCUT2D eigenvalue weighted by Gasteiger charge is -2.11. The van der Waals surface area contributed by atoms with E-state index in [1.54, 1.807) is 10.8 Å². The van der Waals surface area contributed by atoms with Crippen molar-refractivity contribution in [2.24, 2.45) is 7.05 Å². The van der Waals surface area contributed by atoms with Crippen molar-refractivity contribution in [2.45, 2.75) is 39.8 Å². The van der Waals surface area contributed by atoms with E-state index in [0.29, 0.717) is 24.1 Å². The molecule has 2 aromatic heterocycles. The normalized spacial score (nSPS) is 11.2. The number of fused-ring (bicyclic) bond motifs is 1. The van der Waals surface area contributed by atoms with E-state index in [1.165, 1.54) is 7.05 Å². The standard InChI is InChI=1S/C15H22N4O2/c1-4-6-7-19-13-12(14(20)18(3)15(19)21)8-11(10-17-13)9-16-5-2/h8,10,16H,4-7,9H2,1-3H3. The van der Waals surface area contributed by atoms with Gasteiger partial charge in [-0.25, -0.2) is 9.78 Å². The third-order valence-electron chi connectivity index (χ3n) is 3.55. The smallest absolute Gasteiger partial charge is 0.313 e. The number of hydrogen-bond acceptors (Lipinski definition) is 4. The molecule has 0 saturated carbocycles. The summed E-state index contributed by atoms with van der Waals surface area (Å²) in [5.74, 6) is 0. The highest BCUT2D eigenvalue weighted by Crippen LogP contribution is 2.09. The molecular weight excluding hydrogens is 268 g/mol. The summed E-state index contributed by atoms with van der Waals surface area (Å²) in [6.07, 6.45) is 3.59. The topological polar surface area (TPSA) is 68.9 Å². The van der Waals surface area contributed by atoms with Crippen LogP contribution in [0.4, 0.5) is 0 Å². The Labute approximate surface area is 123 Å². The summed E-state index contributed by atoms with van der Waals surface area (Å²) in [7, 11) is 1.52. The van der Waals surface area contributed by atoms with Crippen LogP contribution < -0.4 is 16.6 Å². The van der Waals surface area contributed by atoms with Crippen LogP contribution in [0, 0.1) is 0 Å². The minimum atomic E-state index is -0.298. The van der Waals surface area contributed by atoms with Crippen molar-refractivity contribution in [3.8, 4) is 0 Å². The molecule has 0 spiro atoms. The van der Waals surface area contributed by atoms with Crippen LogP contribution in [-0.4, -0.2) is 20.7 Å². The van der Waals surface area contributed by atoms with Crippen LogP contribution in [0.1, 0.15) is 32.3 Å². The van der Waals surface area contributed by atoms with Gasteiger partial charge in [0.25, 0.3) is 5.56 Å². The first kappa shape index (κ1) is 15.4. The molecule has 0 unspecified atom stereocenters. The van der Waals surface area contributed by atoms with E-state index in [4.69, 9.17) is 0 Å². The number of aryl methyl sites for hydroxylation is 1. The zero-order chi connectivity index (χ0) is 15.4. The van der Waals surface area contributed by atoms with E-state index in [0.717, 1.165) is 29.5 Å². The molecule has 0 amide bonds. The van der Waals surface area contributed by atoms with Crippen molar-refractivity contribution in [1.29, 1.82) is 0 Å². The second-order valence-electron chi connectivity index (χ2n) is 5.15. The van der Waals surface area contributed by atoms with Crippen molar-refractivity contribution >= 4 is 11.0 Å². The van der Waals surface area contributed by atoms with Gasteiger partial charge in [0.1, 0.15) is 5.65 Å². The van der Waals surface area contributed by atoms with Gasteiger partial charge in [0.15, 0.2) is 0 Å². The second-order valence-corrected chi connectivity index (χ2v) is 5.15. The van der Waals surface area contributed by atoms with Gasteiger partial charge in [0.2, 0.25) is 0 Å². The number of unbranched alkanes of at least 4 members (excludes halogenated alkanes) is 1. The Morgan fingerprint density at radius 2 is 2.05 bits per heavy atom. The molecule has 6 heteroatoms. The molecule has 2 heterocycles. The van der Waals surface area contributed by atoms with Crippen molar-refractivity contribution in [3.05, 3.63) is 38.7 Å². The second kappa shape index (κ2) is 6.67. The molecule has 21 heavy (non-hydrogen) atoms. The van der Waals surface area contributed by atoms with Gasteiger partial charge in [-0.2, -0.15) is 0 Å². The molecule has 0 radical (unpaired) electrons. The average Bonchev–Trinajstić information content (AvgIpc) is 2.51. The fourth-order valence-electron chi connectivity index (χ4n) is 2.30. The van der Waals surface area contributed by atoms with Crippen LogP contribution in [0.15, 0.2) is 21.9 Å². The third-order valence-corrected chi connectivity index (χ3v) is 3.55. The van der Waals surface area contributed by atoms with Gasteiger partial charge in [0, 0.05) is 26.3 Å². The zero-order valence-electron chi connectivity index (χ0n) is 12.8. The Morgan fingerprint density at radius 1 is 1.29 bits per heavy atom. The lowest BCUT2D eigenvalue weighted by Crippen LogP contribution is -2.38. The van der Waals surface area contributed by atoms with Gasteiger partial charge in [0.05, 0.1) is 5.39 Å². The monoisotopic (exact) mass is 290 g/mol. The molecule has 0 atom stereocenters. The number of hydrogen-bond donors (Lipinski definition) is 1. The molecule has 0 aliphatic rings. The van der Waals surface area contributed by atoms with Gasteiger partial charge >= 0.3 is 5.69 Å². The van der Waals surface area contributed by atoms with Crippen molar-refractivity contribution in [3.63, 3.8) is 0 Å². The maximum absolute atomic E-state index is 12.3. The lowest BCUT2D eigenvalue weighted by atomic mass is 10.2. The Bertz CT molecular complexity index is 746. The summed E-state index contributed by atoms with van der Waals surface area (Å²) in [5.41, 5.74) is 0.848. The first-order chi connectivity index (χ1) is 10.1. The number of aromatic nitrogens is 3. The van der Waals surface area contributed by atoms with Crippen LogP contribution in [0.2, 0.25) is 0 Å². The van der Waals surface area contributed by atoms with E-state index >= 15 is 0 Å². The zero-order valence-corrected chi connectivity index (χ0v) is 12.8. The van der Waals surface area contributed by atoms with Gasteiger partial charge in [-0.15, -0.1) is 0 Å². The molecule has 1 N–H and O–H groups in total. The fraction of sp³-hybridized carbons (Fsp3) is 0.533. The summed E-state index contributed by atoms with van der Waals surface area (Å²) in [5, 5.41) is 3.71. The molecule has 2 rings (SSSR count). The summed E-state index contributed by atoms with van der Waals surface area (Å²) in [6.45, 7) is 6.19. The van der Waals surface area contributed by atoms with Crippen LogP contribution >= 0.6 is 0 Å². The maximum atomic E-state index is 12.3. The Balaban J connectivity index is 2.63. The highest BCUT2D eigenvalue weighted by Gasteiger charge is 2.12. The fourth-order valence-corrected chi connectivity index (χ4v) is 2.30. The third kappa shape index (κ3) is 3.05. The minimum absolute atomic E-state index is 0.284. The highest BCUT2D eigenvalue weighted by atomic mass is 16.2. The number of nitrogens with one attached hydrogen (secondary N) is 1. The maximum Gasteiger partial charge on any atom is 0.332 e. The van der Waals surface area contributed by atoms with Crippen molar-refractivity contribution in [1.82, 2.24) is 19.4 Å². The molecule has 0 aliphatic carbocycles. The Hall–Kier alpha value is -1.95. The Kier molecular flexibility index (Phi) is 4.90. The molecule has 0 fully saturated rings. The SMILES string of the molecule is CCCCn1c(=O)n(C)c(=O)c2cc(CNCC)cnc21. The number of rotatable bonds is 6. The highest BCUT2D eigenvalue weighted by molar-refractivity contribution is 5.74. The molecule has 0 aliphatic heterocycles. The predicted octanol–water partition coefficient (Wildman–Crippen LogP) is 1.00. The van der Waals surface area contributed by atoms with E-state index in [1.807, 2.05) is 13.0 Å². The summed E-state index contributed by atoms with van der Waals surface area (Å²) >= 11 is 0. The first-order valence-electron chi connectivity index (χ1n) is 7.39. The number of nitrogens with zero attached hydrogens (tertiary/aromatic N) is 3. The lowest BCUT2D eigenvalue weighted by molar-refractivity contribution is 0.583. The van der Waals surface area contributed by atoms with Crippen LogP contribution in [0.25, 0.3) is 11.0 Å². The molecule has 114 valence electrons. The number of pyridine rings is 1. The van der Waals surface area contributed by atoms with E-state index in [-0.39, 0.29) is 11.2 Å². The van der Waals surface area contributed by atoms with Gasteiger partial charge in [-0.1, -0.05) is 20.3 Å². The molecule has 6 nitrogen and oxygen atoms in total. The van der Waals surface area contributed by atoms with Crippen LogP contribution in [0.3, 0.4) is 0 Å². The van der Waals surface area contributed by atoms with Crippen molar-refractivity contribution in [2.75, 3.05) is 6.54 Å². The molecule has 0 saturated heterocycles. The summed E-state index contributed by atoms with van der Waals surface area (Å²) in [6, 6.07) is 1.83. The predicted molar refractivity (Wildman–Crippen MR) is 83.5 cm³/mol. The first-order valence-corrected chi connectivity index (χ1v) is 7.39. The average molecular weight is 290 g/mol. The molecule has 0 aromatic carbocycles.